The topological polar surface area (TPSA) is 71.8 Å². The summed E-state index contributed by atoms with van der Waals surface area (Å²) in [6, 6.07) is 13.1. The second kappa shape index (κ2) is 9.75. The van der Waals surface area contributed by atoms with Crippen molar-refractivity contribution in [3.63, 3.8) is 0 Å². The van der Waals surface area contributed by atoms with Crippen LogP contribution < -0.4 is 5.32 Å². The van der Waals surface area contributed by atoms with E-state index in [1.807, 2.05) is 12.1 Å². The van der Waals surface area contributed by atoms with Crippen LogP contribution in [-0.4, -0.2) is 43.0 Å². The van der Waals surface area contributed by atoms with Gasteiger partial charge in [0, 0.05) is 35.2 Å². The maximum absolute atomic E-state index is 13.0. The number of halogens is 1. The van der Waals surface area contributed by atoms with Crippen molar-refractivity contribution in [3.05, 3.63) is 66.2 Å². The second-order valence-electron chi connectivity index (χ2n) is 7.77. The lowest BCUT2D eigenvalue weighted by Gasteiger charge is -2.31. The number of piperidine rings is 1. The number of ketones is 1. The van der Waals surface area contributed by atoms with E-state index in [1.165, 1.54) is 12.1 Å². The molecule has 0 bridgehead atoms. The Hall–Kier alpha value is -3.19. The lowest BCUT2D eigenvalue weighted by atomic mass is 9.89. The van der Waals surface area contributed by atoms with Gasteiger partial charge in [-0.05, 0) is 74.8 Å². The van der Waals surface area contributed by atoms with Crippen molar-refractivity contribution in [1.82, 2.24) is 4.90 Å². The monoisotopic (exact) mass is 424 g/mol. The van der Waals surface area contributed by atoms with Gasteiger partial charge in [0.15, 0.2) is 5.78 Å². The first kappa shape index (κ1) is 21.1. The standard InChI is InChI=1S/C24H25FN2O4/c25-20-5-2-18(3-6-20)23(28)19-8-12-27(13-9-19)11-1-14-31-24(29)26-21-7-4-17-10-15-30-22(17)16-21/h2-7,10,15-16,19H,1,8-9,11-14H2,(H,26,29). The van der Waals surface area contributed by atoms with E-state index in [-0.39, 0.29) is 17.5 Å². The predicted octanol–water partition coefficient (Wildman–Crippen LogP) is 5.11. The number of hydrogen-bond acceptors (Lipinski definition) is 5. The van der Waals surface area contributed by atoms with Gasteiger partial charge in [0.05, 0.1) is 12.9 Å². The Balaban J connectivity index is 1.13. The molecular formula is C24H25FN2O4. The number of fused-ring (bicyclic) bond motifs is 1. The molecule has 1 aliphatic heterocycles. The number of Topliss-reactive ketones (excluding diaryl/α,β-unsaturated/α-hetero) is 1. The summed E-state index contributed by atoms with van der Waals surface area (Å²) in [5.41, 5.74) is 1.91. The summed E-state index contributed by atoms with van der Waals surface area (Å²) in [6.07, 6.45) is 3.41. The van der Waals surface area contributed by atoms with Gasteiger partial charge in [-0.3, -0.25) is 10.1 Å². The van der Waals surface area contributed by atoms with Gasteiger partial charge < -0.3 is 14.1 Å². The maximum atomic E-state index is 13.0. The SMILES string of the molecule is O=C(Nc1ccc2ccoc2c1)OCCCN1CCC(C(=O)c2ccc(F)cc2)CC1. The van der Waals surface area contributed by atoms with E-state index < -0.39 is 6.09 Å². The second-order valence-corrected chi connectivity index (χ2v) is 7.77. The quantitative estimate of drug-likeness (QED) is 0.422. The summed E-state index contributed by atoms with van der Waals surface area (Å²) in [5.74, 6) is -0.261. The third-order valence-corrected chi connectivity index (χ3v) is 5.64. The van der Waals surface area contributed by atoms with Crippen molar-refractivity contribution in [2.45, 2.75) is 19.3 Å². The summed E-state index contributed by atoms with van der Waals surface area (Å²) in [6.45, 7) is 2.78. The van der Waals surface area contributed by atoms with Crippen molar-refractivity contribution in [2.75, 3.05) is 31.6 Å². The van der Waals surface area contributed by atoms with E-state index in [4.69, 9.17) is 9.15 Å². The zero-order valence-electron chi connectivity index (χ0n) is 17.2. The Morgan fingerprint density at radius 1 is 1.10 bits per heavy atom. The lowest BCUT2D eigenvalue weighted by molar-refractivity contribution is 0.0830. The number of rotatable bonds is 7. The van der Waals surface area contributed by atoms with Gasteiger partial charge in [0.25, 0.3) is 0 Å². The van der Waals surface area contributed by atoms with Gasteiger partial charge in [0.1, 0.15) is 11.4 Å². The first-order valence-corrected chi connectivity index (χ1v) is 10.5. The number of benzene rings is 2. The molecule has 4 rings (SSSR count). The number of carbonyl (C=O) groups is 2. The van der Waals surface area contributed by atoms with E-state index in [0.29, 0.717) is 23.4 Å². The van der Waals surface area contributed by atoms with Gasteiger partial charge in [0.2, 0.25) is 0 Å². The van der Waals surface area contributed by atoms with Crippen LogP contribution in [0.25, 0.3) is 11.0 Å². The number of likely N-dealkylation sites (tertiary alicyclic amines) is 1. The summed E-state index contributed by atoms with van der Waals surface area (Å²) in [4.78, 5) is 26.8. The number of ether oxygens (including phenoxy) is 1. The van der Waals surface area contributed by atoms with E-state index in [0.717, 1.165) is 44.3 Å². The Bertz CT molecular complexity index is 1040. The van der Waals surface area contributed by atoms with Crippen LogP contribution in [-0.2, 0) is 4.74 Å². The lowest BCUT2D eigenvalue weighted by Crippen LogP contribution is -2.37. The third kappa shape index (κ3) is 5.49. The largest absolute Gasteiger partial charge is 0.464 e. The van der Waals surface area contributed by atoms with Crippen LogP contribution in [0.1, 0.15) is 29.6 Å². The summed E-state index contributed by atoms with van der Waals surface area (Å²) in [5, 5.41) is 3.68. The average Bonchev–Trinajstić information content (AvgIpc) is 3.25. The Morgan fingerprint density at radius 2 is 1.87 bits per heavy atom. The molecule has 0 saturated carbocycles. The van der Waals surface area contributed by atoms with E-state index in [1.54, 1.807) is 30.5 Å². The minimum atomic E-state index is -0.491. The van der Waals surface area contributed by atoms with Crippen molar-refractivity contribution >= 4 is 28.5 Å². The zero-order chi connectivity index (χ0) is 21.6. The van der Waals surface area contributed by atoms with Crippen LogP contribution >= 0.6 is 0 Å². The van der Waals surface area contributed by atoms with Crippen molar-refractivity contribution < 1.29 is 23.1 Å². The van der Waals surface area contributed by atoms with Gasteiger partial charge >= 0.3 is 6.09 Å². The fraction of sp³-hybridized carbons (Fsp3) is 0.333. The molecule has 1 amide bonds. The molecule has 1 N–H and O–H groups in total. The Morgan fingerprint density at radius 3 is 2.65 bits per heavy atom. The highest BCUT2D eigenvalue weighted by Crippen LogP contribution is 2.22. The number of nitrogens with zero attached hydrogens (tertiary/aromatic N) is 1. The van der Waals surface area contributed by atoms with Gasteiger partial charge in [-0.25, -0.2) is 9.18 Å². The summed E-state index contributed by atoms with van der Waals surface area (Å²) >= 11 is 0. The van der Waals surface area contributed by atoms with Crippen LogP contribution in [0, 0.1) is 11.7 Å². The summed E-state index contributed by atoms with van der Waals surface area (Å²) < 4.78 is 23.6. The molecule has 162 valence electrons. The molecule has 0 spiro atoms. The molecule has 3 aromatic rings. The van der Waals surface area contributed by atoms with E-state index >= 15 is 0 Å². The molecule has 0 radical (unpaired) electrons. The molecule has 1 aromatic heterocycles. The van der Waals surface area contributed by atoms with Crippen LogP contribution in [0.5, 0.6) is 0 Å². The fourth-order valence-electron chi connectivity index (χ4n) is 3.91. The van der Waals surface area contributed by atoms with Crippen LogP contribution in [0.15, 0.2) is 59.2 Å². The fourth-order valence-corrected chi connectivity index (χ4v) is 3.91. The van der Waals surface area contributed by atoms with Crippen molar-refractivity contribution in [3.8, 4) is 0 Å². The van der Waals surface area contributed by atoms with E-state index in [9.17, 15) is 14.0 Å². The maximum Gasteiger partial charge on any atom is 0.411 e. The molecule has 7 heteroatoms. The first-order valence-electron chi connectivity index (χ1n) is 10.5. The number of amides is 1. The normalized spacial score (nSPS) is 15.1. The number of furan rings is 1. The molecule has 1 aliphatic rings. The average molecular weight is 424 g/mol. The highest BCUT2D eigenvalue weighted by atomic mass is 19.1. The first-order chi connectivity index (χ1) is 15.1. The van der Waals surface area contributed by atoms with E-state index in [2.05, 4.69) is 10.2 Å². The highest BCUT2D eigenvalue weighted by Gasteiger charge is 2.25. The summed E-state index contributed by atoms with van der Waals surface area (Å²) in [7, 11) is 0. The third-order valence-electron chi connectivity index (χ3n) is 5.64. The molecule has 0 aliphatic carbocycles. The van der Waals surface area contributed by atoms with Gasteiger partial charge in [-0.15, -0.1) is 0 Å². The number of anilines is 1. The molecule has 2 aromatic carbocycles. The Kier molecular flexibility index (Phi) is 6.62. The molecule has 2 heterocycles. The molecule has 6 nitrogen and oxygen atoms in total. The van der Waals surface area contributed by atoms with Crippen molar-refractivity contribution in [2.24, 2.45) is 5.92 Å². The number of nitrogens with one attached hydrogen (secondary N) is 1. The smallest absolute Gasteiger partial charge is 0.411 e. The Labute approximate surface area is 180 Å². The van der Waals surface area contributed by atoms with Crippen molar-refractivity contribution in [1.29, 1.82) is 0 Å². The molecule has 31 heavy (non-hydrogen) atoms. The number of hydrogen-bond donors (Lipinski definition) is 1. The van der Waals surface area contributed by atoms with Crippen LogP contribution in [0.2, 0.25) is 0 Å². The molecule has 0 unspecified atom stereocenters. The van der Waals surface area contributed by atoms with Gasteiger partial charge in [-0.1, -0.05) is 0 Å². The molecule has 0 atom stereocenters. The molecule has 1 saturated heterocycles. The molecular weight excluding hydrogens is 399 g/mol. The molecule has 1 fully saturated rings. The zero-order valence-corrected chi connectivity index (χ0v) is 17.2. The minimum absolute atomic E-state index is 0.0183. The predicted molar refractivity (Wildman–Crippen MR) is 116 cm³/mol. The van der Waals surface area contributed by atoms with Crippen LogP contribution in [0.4, 0.5) is 14.9 Å². The minimum Gasteiger partial charge on any atom is -0.464 e. The highest BCUT2D eigenvalue weighted by molar-refractivity contribution is 5.97. The number of carbonyl (C=O) groups excluding carboxylic acids is 2. The van der Waals surface area contributed by atoms with Crippen LogP contribution in [0.3, 0.4) is 0 Å². The van der Waals surface area contributed by atoms with Gasteiger partial charge in [-0.2, -0.15) is 0 Å².